The molecule has 122 valence electrons. The second-order valence-corrected chi connectivity index (χ2v) is 7.80. The normalized spacial score (nSPS) is 16.2. The summed E-state index contributed by atoms with van der Waals surface area (Å²) in [4.78, 5) is 20.4. The fraction of sp³-hybridized carbons (Fsp3) is 0.353. The number of nitrogens with zero attached hydrogens (tertiary/aromatic N) is 4. The van der Waals surface area contributed by atoms with Crippen LogP contribution in [0.15, 0.2) is 16.2 Å². The van der Waals surface area contributed by atoms with E-state index < -0.39 is 0 Å². The highest BCUT2D eigenvalue weighted by Gasteiger charge is 2.24. The predicted octanol–water partition coefficient (Wildman–Crippen LogP) is 2.89. The molecule has 7 heteroatoms. The summed E-state index contributed by atoms with van der Waals surface area (Å²) < 4.78 is 1.81. The molecule has 0 bridgehead atoms. The van der Waals surface area contributed by atoms with Gasteiger partial charge in [0.05, 0.1) is 11.1 Å². The molecule has 0 atom stereocenters. The Morgan fingerprint density at radius 1 is 1.29 bits per heavy atom. The Kier molecular flexibility index (Phi) is 3.94. The number of anilines is 1. The minimum Gasteiger partial charge on any atom is -0.306 e. The molecule has 2 aromatic heterocycles. The van der Waals surface area contributed by atoms with Crippen molar-refractivity contribution in [3.8, 4) is 11.8 Å². The van der Waals surface area contributed by atoms with E-state index in [9.17, 15) is 4.79 Å². The summed E-state index contributed by atoms with van der Waals surface area (Å²) in [5.41, 5.74) is 1.97. The van der Waals surface area contributed by atoms with Crippen molar-refractivity contribution < 1.29 is 4.79 Å². The second-order valence-electron chi connectivity index (χ2n) is 5.70. The lowest BCUT2D eigenvalue weighted by Crippen LogP contribution is -2.24. The van der Waals surface area contributed by atoms with E-state index in [1.165, 1.54) is 4.90 Å². The topological polar surface area (TPSA) is 50.5 Å². The maximum absolute atomic E-state index is 12.1. The third kappa shape index (κ3) is 2.56. The molecule has 5 nitrogen and oxygen atoms in total. The average Bonchev–Trinajstić information content (AvgIpc) is 3.10. The first-order valence-electron chi connectivity index (χ1n) is 7.79. The van der Waals surface area contributed by atoms with Gasteiger partial charge >= 0.3 is 0 Å². The number of imidazole rings is 1. The van der Waals surface area contributed by atoms with Gasteiger partial charge in [0.2, 0.25) is 5.91 Å². The molecule has 0 N–H and O–H groups in total. The van der Waals surface area contributed by atoms with E-state index in [1.807, 2.05) is 17.9 Å². The number of fused-ring (bicyclic) bond motifs is 2. The van der Waals surface area contributed by atoms with Crippen LogP contribution >= 0.6 is 23.1 Å². The molecule has 1 amide bonds. The van der Waals surface area contributed by atoms with Crippen molar-refractivity contribution >= 4 is 40.2 Å². The first kappa shape index (κ1) is 15.5. The fourth-order valence-corrected chi connectivity index (χ4v) is 5.20. The monoisotopic (exact) mass is 356 g/mol. The minimum absolute atomic E-state index is 0.168. The molecular weight excluding hydrogens is 340 g/mol. The highest BCUT2D eigenvalue weighted by atomic mass is 32.2. The van der Waals surface area contributed by atoms with Crippen LogP contribution in [0.4, 0.5) is 5.00 Å². The molecule has 0 unspecified atom stereocenters. The molecule has 2 aliphatic heterocycles. The van der Waals surface area contributed by atoms with Crippen LogP contribution in [-0.2, 0) is 11.2 Å². The zero-order chi connectivity index (χ0) is 16.7. The van der Waals surface area contributed by atoms with Gasteiger partial charge in [-0.2, -0.15) is 5.10 Å². The number of thioether (sulfide) groups is 1. The summed E-state index contributed by atoms with van der Waals surface area (Å²) in [6.07, 6.45) is 6.10. The summed E-state index contributed by atoms with van der Waals surface area (Å²) in [6.45, 7) is 2.08. The van der Waals surface area contributed by atoms with Crippen LogP contribution in [0.5, 0.6) is 0 Å². The van der Waals surface area contributed by atoms with Crippen molar-refractivity contribution in [2.24, 2.45) is 5.10 Å². The first-order valence-corrected chi connectivity index (χ1v) is 9.59. The van der Waals surface area contributed by atoms with Crippen molar-refractivity contribution in [1.82, 2.24) is 9.66 Å². The lowest BCUT2D eigenvalue weighted by atomic mass is 10.2. The summed E-state index contributed by atoms with van der Waals surface area (Å²) in [7, 11) is 1.85. The molecule has 2 aromatic rings. The van der Waals surface area contributed by atoms with Crippen LogP contribution < -0.4 is 4.90 Å². The van der Waals surface area contributed by atoms with E-state index in [-0.39, 0.29) is 5.91 Å². The molecule has 4 rings (SSSR count). The Morgan fingerprint density at radius 3 is 3.04 bits per heavy atom. The molecule has 4 heterocycles. The van der Waals surface area contributed by atoms with Crippen LogP contribution in [0.25, 0.3) is 0 Å². The summed E-state index contributed by atoms with van der Waals surface area (Å²) in [5, 5.41) is 5.37. The van der Waals surface area contributed by atoms with Gasteiger partial charge < -0.3 is 4.90 Å². The molecule has 0 aliphatic carbocycles. The lowest BCUT2D eigenvalue weighted by Gasteiger charge is -2.12. The van der Waals surface area contributed by atoms with Crippen molar-refractivity contribution in [3.05, 3.63) is 28.2 Å². The van der Waals surface area contributed by atoms with Crippen LogP contribution in [0.2, 0.25) is 0 Å². The van der Waals surface area contributed by atoms with Crippen molar-refractivity contribution in [1.29, 1.82) is 0 Å². The van der Waals surface area contributed by atoms with Gasteiger partial charge in [0, 0.05) is 36.8 Å². The minimum atomic E-state index is 0.168. The van der Waals surface area contributed by atoms with Gasteiger partial charge in [-0.15, -0.1) is 23.1 Å². The first-order chi connectivity index (χ1) is 11.6. The number of aryl methyl sites for hydroxylation is 1. The van der Waals surface area contributed by atoms with Crippen molar-refractivity contribution in [2.45, 2.75) is 31.1 Å². The zero-order valence-electron chi connectivity index (χ0n) is 13.5. The van der Waals surface area contributed by atoms with Gasteiger partial charge in [-0.3, -0.25) is 4.79 Å². The van der Waals surface area contributed by atoms with Crippen LogP contribution in [0.1, 0.15) is 34.8 Å². The SMILES string of the molecule is Cc1c(C#Cc2cnc3n2N=CCC3)sc2c1SCCC(=O)N2C. The van der Waals surface area contributed by atoms with E-state index >= 15 is 0 Å². The van der Waals surface area contributed by atoms with Crippen LogP contribution in [0, 0.1) is 18.8 Å². The molecule has 0 aromatic carbocycles. The zero-order valence-corrected chi connectivity index (χ0v) is 15.1. The summed E-state index contributed by atoms with van der Waals surface area (Å²) >= 11 is 3.34. The number of carbonyl (C=O) groups excluding carboxylic acids is 1. The quantitative estimate of drug-likeness (QED) is 0.682. The molecule has 0 radical (unpaired) electrons. The number of rotatable bonds is 0. The van der Waals surface area contributed by atoms with Gasteiger partial charge in [0.25, 0.3) is 0 Å². The molecule has 24 heavy (non-hydrogen) atoms. The third-order valence-corrected chi connectivity index (χ3v) is 6.73. The van der Waals surface area contributed by atoms with E-state index in [4.69, 9.17) is 0 Å². The van der Waals surface area contributed by atoms with Gasteiger partial charge in [0.1, 0.15) is 16.5 Å². The number of carbonyl (C=O) groups is 1. The fourth-order valence-electron chi connectivity index (χ4n) is 2.74. The molecule has 2 aliphatic rings. The molecule has 0 fully saturated rings. The number of thiophene rings is 1. The van der Waals surface area contributed by atoms with Gasteiger partial charge in [0.15, 0.2) is 0 Å². The van der Waals surface area contributed by atoms with Gasteiger partial charge in [-0.25, -0.2) is 9.66 Å². The Labute approximate surface area is 148 Å². The standard InChI is InChI=1S/C17H16N4OS2/c1-11-13(24-17-16(11)23-9-7-15(22)20(17)2)6-5-12-10-18-14-4-3-8-19-21(12)14/h8,10H,3-4,7,9H2,1-2H3. The van der Waals surface area contributed by atoms with Gasteiger partial charge in [-0.1, -0.05) is 0 Å². The Hall–Kier alpha value is -2.04. The molecular formula is C17H16N4OS2. The third-order valence-electron chi connectivity index (χ3n) is 4.12. The Balaban J connectivity index is 1.72. The molecule has 0 saturated heterocycles. The van der Waals surface area contributed by atoms with Crippen molar-refractivity contribution in [3.63, 3.8) is 0 Å². The second kappa shape index (κ2) is 6.11. The molecule has 0 spiro atoms. The van der Waals surface area contributed by atoms with E-state index in [0.717, 1.165) is 45.6 Å². The maximum Gasteiger partial charge on any atom is 0.228 e. The van der Waals surface area contributed by atoms with Crippen LogP contribution in [0.3, 0.4) is 0 Å². The van der Waals surface area contributed by atoms with Crippen LogP contribution in [-0.4, -0.2) is 34.6 Å². The van der Waals surface area contributed by atoms with E-state index in [0.29, 0.717) is 6.42 Å². The average molecular weight is 356 g/mol. The number of hydrogen-bond acceptors (Lipinski definition) is 5. The number of amides is 1. The van der Waals surface area contributed by atoms with E-state index in [2.05, 4.69) is 28.8 Å². The number of aromatic nitrogens is 2. The van der Waals surface area contributed by atoms with Crippen molar-refractivity contribution in [2.75, 3.05) is 17.7 Å². The Bertz CT molecular complexity index is 913. The number of hydrogen-bond donors (Lipinski definition) is 0. The molecule has 0 saturated carbocycles. The summed E-state index contributed by atoms with van der Waals surface area (Å²) in [6, 6.07) is 0. The summed E-state index contributed by atoms with van der Waals surface area (Å²) in [5.74, 6) is 8.41. The highest BCUT2D eigenvalue weighted by Crippen LogP contribution is 2.43. The lowest BCUT2D eigenvalue weighted by molar-refractivity contribution is -0.117. The van der Waals surface area contributed by atoms with Gasteiger partial charge in [-0.05, 0) is 30.7 Å². The predicted molar refractivity (Wildman–Crippen MR) is 98.2 cm³/mol. The highest BCUT2D eigenvalue weighted by molar-refractivity contribution is 7.99. The van der Waals surface area contributed by atoms with E-state index in [1.54, 1.807) is 34.2 Å². The smallest absolute Gasteiger partial charge is 0.228 e. The largest absolute Gasteiger partial charge is 0.306 e. The maximum atomic E-state index is 12.1. The Morgan fingerprint density at radius 2 is 2.17 bits per heavy atom.